The third-order valence-electron chi connectivity index (χ3n) is 6.04. The molecule has 6 aromatic rings. The summed E-state index contributed by atoms with van der Waals surface area (Å²) in [5.74, 6) is 0.121. The first-order valence-corrected chi connectivity index (χ1v) is 11.7. The highest BCUT2D eigenvalue weighted by Gasteiger charge is 2.17. The molecule has 0 unspecified atom stereocenters. The Morgan fingerprint density at radius 1 is 1.00 bits per heavy atom. The van der Waals surface area contributed by atoms with E-state index in [-0.39, 0.29) is 5.82 Å². The number of hydrogen-bond acceptors (Lipinski definition) is 7. The molecule has 2 N–H and O–H groups in total. The van der Waals surface area contributed by atoms with Gasteiger partial charge in [-0.05, 0) is 61.6 Å². The molecule has 1 aromatic carbocycles. The smallest absolute Gasteiger partial charge is 0.138 e. The zero-order chi connectivity index (χ0) is 25.4. The van der Waals surface area contributed by atoms with Gasteiger partial charge in [-0.3, -0.25) is 5.10 Å². The Hall–Kier alpha value is -4.70. The van der Waals surface area contributed by atoms with Crippen molar-refractivity contribution in [2.75, 3.05) is 27.2 Å². The van der Waals surface area contributed by atoms with Gasteiger partial charge in [0.15, 0.2) is 0 Å². The standard InChI is InChI=1S/C27H23FN8O/c1-36(2)7-8-37-19-10-16(9-18(28)11-19)20-5-6-31-27-21(20)12-24(33-27)26-25-23(34-35-26)4-3-22(32-25)17-13-29-15-30-14-17/h3-6,9-15H,7-8H2,1-2H3,(H,31,33)(H,34,35). The summed E-state index contributed by atoms with van der Waals surface area (Å²) in [7, 11) is 3.93. The number of nitrogens with zero attached hydrogens (tertiary/aromatic N) is 6. The van der Waals surface area contributed by atoms with Crippen molar-refractivity contribution < 1.29 is 9.13 Å². The third-order valence-corrected chi connectivity index (χ3v) is 6.04. The van der Waals surface area contributed by atoms with Gasteiger partial charge in [-0.15, -0.1) is 0 Å². The van der Waals surface area contributed by atoms with Crippen LogP contribution in [0.3, 0.4) is 0 Å². The molecule has 0 amide bonds. The number of H-pyrrole nitrogens is 2. The van der Waals surface area contributed by atoms with Crippen LogP contribution in [-0.4, -0.2) is 67.3 Å². The number of benzene rings is 1. The van der Waals surface area contributed by atoms with Crippen molar-refractivity contribution in [2.24, 2.45) is 0 Å². The molecule has 0 fully saturated rings. The van der Waals surface area contributed by atoms with Crippen molar-refractivity contribution in [1.82, 2.24) is 40.0 Å². The maximum atomic E-state index is 14.5. The normalized spacial score (nSPS) is 11.6. The molecule has 0 spiro atoms. The lowest BCUT2D eigenvalue weighted by Gasteiger charge is -2.12. The van der Waals surface area contributed by atoms with Crippen LogP contribution >= 0.6 is 0 Å². The molecule has 5 heterocycles. The zero-order valence-electron chi connectivity index (χ0n) is 20.2. The summed E-state index contributed by atoms with van der Waals surface area (Å²) >= 11 is 0. The largest absolute Gasteiger partial charge is 0.492 e. The lowest BCUT2D eigenvalue weighted by atomic mass is 10.0. The average Bonchev–Trinajstić information content (AvgIpc) is 3.52. The van der Waals surface area contributed by atoms with Crippen LogP contribution in [0.4, 0.5) is 4.39 Å². The highest BCUT2D eigenvalue weighted by atomic mass is 19.1. The van der Waals surface area contributed by atoms with Crippen LogP contribution in [-0.2, 0) is 0 Å². The fourth-order valence-electron chi connectivity index (χ4n) is 4.23. The van der Waals surface area contributed by atoms with Gasteiger partial charge < -0.3 is 14.6 Å². The molecule has 0 aliphatic rings. The summed E-state index contributed by atoms with van der Waals surface area (Å²) in [5, 5.41) is 8.40. The molecule has 0 saturated heterocycles. The maximum Gasteiger partial charge on any atom is 0.138 e. The fourth-order valence-corrected chi connectivity index (χ4v) is 4.23. The molecule has 10 heteroatoms. The number of aromatic amines is 2. The number of hydrogen-bond donors (Lipinski definition) is 2. The molecule has 0 saturated carbocycles. The van der Waals surface area contributed by atoms with Gasteiger partial charge in [-0.1, -0.05) is 0 Å². The monoisotopic (exact) mass is 494 g/mol. The maximum absolute atomic E-state index is 14.5. The fraction of sp³-hybridized carbons (Fsp3) is 0.148. The van der Waals surface area contributed by atoms with Gasteiger partial charge in [0.1, 0.15) is 41.4 Å². The van der Waals surface area contributed by atoms with E-state index in [9.17, 15) is 4.39 Å². The van der Waals surface area contributed by atoms with Gasteiger partial charge in [0.05, 0.1) is 16.9 Å². The lowest BCUT2D eigenvalue weighted by Crippen LogP contribution is -2.19. The van der Waals surface area contributed by atoms with Crippen molar-refractivity contribution in [3.05, 3.63) is 73.2 Å². The molecule has 0 aliphatic heterocycles. The predicted octanol–water partition coefficient (Wildman–Crippen LogP) is 4.70. The Morgan fingerprint density at radius 2 is 1.86 bits per heavy atom. The van der Waals surface area contributed by atoms with Crippen LogP contribution in [0.15, 0.2) is 67.4 Å². The van der Waals surface area contributed by atoms with E-state index in [2.05, 4.69) is 30.1 Å². The van der Waals surface area contributed by atoms with Crippen molar-refractivity contribution in [1.29, 1.82) is 0 Å². The second-order valence-electron chi connectivity index (χ2n) is 8.92. The first-order chi connectivity index (χ1) is 18.0. The van der Waals surface area contributed by atoms with Crippen molar-refractivity contribution in [3.8, 4) is 39.5 Å². The minimum atomic E-state index is -0.363. The second kappa shape index (κ2) is 9.40. The number of aromatic nitrogens is 7. The Morgan fingerprint density at radius 3 is 2.70 bits per heavy atom. The number of nitrogens with one attached hydrogen (secondary N) is 2. The summed E-state index contributed by atoms with van der Waals surface area (Å²) in [6, 6.07) is 12.4. The lowest BCUT2D eigenvalue weighted by molar-refractivity contribution is 0.260. The van der Waals surface area contributed by atoms with Crippen LogP contribution < -0.4 is 4.74 Å². The quantitative estimate of drug-likeness (QED) is 0.331. The Bertz CT molecular complexity index is 1710. The van der Waals surface area contributed by atoms with Gasteiger partial charge in [0.25, 0.3) is 0 Å². The minimum absolute atomic E-state index is 0.363. The van der Waals surface area contributed by atoms with Crippen LogP contribution in [0.2, 0.25) is 0 Å². The molecule has 37 heavy (non-hydrogen) atoms. The Balaban J connectivity index is 1.41. The predicted molar refractivity (Wildman–Crippen MR) is 139 cm³/mol. The molecule has 9 nitrogen and oxygen atoms in total. The molecule has 0 aliphatic carbocycles. The summed E-state index contributed by atoms with van der Waals surface area (Å²) in [6.07, 6.45) is 6.62. The van der Waals surface area contributed by atoms with Crippen molar-refractivity contribution in [2.45, 2.75) is 0 Å². The molecule has 6 rings (SSSR count). The molecular formula is C27H23FN8O. The first kappa shape index (κ1) is 22.7. The number of fused-ring (bicyclic) bond motifs is 2. The van der Waals surface area contributed by atoms with E-state index in [1.807, 2.05) is 49.3 Å². The van der Waals surface area contributed by atoms with Gasteiger partial charge in [0, 0.05) is 42.2 Å². The average molecular weight is 495 g/mol. The van der Waals surface area contributed by atoms with Crippen LogP contribution in [0.5, 0.6) is 5.75 Å². The number of likely N-dealkylation sites (N-methyl/N-ethyl adjacent to an activating group) is 1. The molecule has 0 bridgehead atoms. The topological polar surface area (TPSA) is 108 Å². The summed E-state index contributed by atoms with van der Waals surface area (Å²) in [6.45, 7) is 1.20. The van der Waals surface area contributed by atoms with E-state index in [1.165, 1.54) is 18.5 Å². The minimum Gasteiger partial charge on any atom is -0.492 e. The van der Waals surface area contributed by atoms with Crippen LogP contribution in [0.25, 0.3) is 55.8 Å². The van der Waals surface area contributed by atoms with Gasteiger partial charge in [0.2, 0.25) is 0 Å². The van der Waals surface area contributed by atoms with Gasteiger partial charge in [-0.2, -0.15) is 5.10 Å². The van der Waals surface area contributed by atoms with E-state index in [1.54, 1.807) is 18.6 Å². The highest BCUT2D eigenvalue weighted by molar-refractivity contribution is 5.99. The van der Waals surface area contributed by atoms with Crippen LogP contribution in [0, 0.1) is 5.82 Å². The molecule has 5 aromatic heterocycles. The number of ether oxygens (including phenoxy) is 1. The number of pyridine rings is 2. The van der Waals surface area contributed by atoms with Gasteiger partial charge >= 0.3 is 0 Å². The van der Waals surface area contributed by atoms with E-state index in [0.717, 1.165) is 40.0 Å². The Labute approximate surface area is 211 Å². The third kappa shape index (κ3) is 4.50. The number of halogens is 1. The second-order valence-corrected chi connectivity index (χ2v) is 8.92. The molecule has 0 radical (unpaired) electrons. The van der Waals surface area contributed by atoms with Crippen molar-refractivity contribution in [3.63, 3.8) is 0 Å². The van der Waals surface area contributed by atoms with E-state index in [4.69, 9.17) is 9.72 Å². The van der Waals surface area contributed by atoms with Gasteiger partial charge in [-0.25, -0.2) is 24.3 Å². The van der Waals surface area contributed by atoms with Crippen molar-refractivity contribution >= 4 is 22.1 Å². The SMILES string of the molecule is CN(C)CCOc1cc(F)cc(-c2ccnc3[nH]c(-c4n[nH]c5ccc(-c6cncnc6)nc45)cc23)c1. The molecule has 184 valence electrons. The summed E-state index contributed by atoms with van der Waals surface area (Å²) in [4.78, 5) is 22.8. The van der Waals surface area contributed by atoms with E-state index >= 15 is 0 Å². The molecular weight excluding hydrogens is 471 g/mol. The Kier molecular flexibility index (Phi) is 5.78. The first-order valence-electron chi connectivity index (χ1n) is 11.7. The van der Waals surface area contributed by atoms with E-state index < -0.39 is 0 Å². The summed E-state index contributed by atoms with van der Waals surface area (Å²) < 4.78 is 20.3. The van der Waals surface area contributed by atoms with E-state index in [0.29, 0.717) is 34.8 Å². The zero-order valence-corrected chi connectivity index (χ0v) is 20.2. The molecule has 0 atom stereocenters. The van der Waals surface area contributed by atoms with Crippen LogP contribution in [0.1, 0.15) is 0 Å². The highest BCUT2D eigenvalue weighted by Crippen LogP contribution is 2.34. The number of rotatable bonds is 7. The summed E-state index contributed by atoms with van der Waals surface area (Å²) in [5.41, 5.74) is 6.66.